The zero-order valence-corrected chi connectivity index (χ0v) is 15.2. The third-order valence-corrected chi connectivity index (χ3v) is 3.97. The minimum Gasteiger partial charge on any atom is -0.496 e. The van der Waals surface area contributed by atoms with E-state index in [1.807, 2.05) is 0 Å². The summed E-state index contributed by atoms with van der Waals surface area (Å²) in [4.78, 5) is 12.0. The summed E-state index contributed by atoms with van der Waals surface area (Å²) in [6.07, 6.45) is -1.74. The van der Waals surface area contributed by atoms with Gasteiger partial charge in [0.25, 0.3) is 0 Å². The molecule has 0 saturated carbocycles. The standard InChI is InChI=1S/C17H12BrClF3NO2/c1-25-15-6-4-12(18)8-10(15)2-7-16(24)23-14-5-3-11(9-13(14)19)17(20,21)22/h2-9H,1H3,(H,23,24)/b7-2+. The van der Waals surface area contributed by atoms with Crippen molar-refractivity contribution in [3.8, 4) is 5.75 Å². The van der Waals surface area contributed by atoms with Gasteiger partial charge in [-0.15, -0.1) is 0 Å². The smallest absolute Gasteiger partial charge is 0.416 e. The number of benzene rings is 2. The van der Waals surface area contributed by atoms with Crippen molar-refractivity contribution in [2.75, 3.05) is 12.4 Å². The molecule has 1 N–H and O–H groups in total. The molecule has 0 fully saturated rings. The van der Waals surface area contributed by atoms with Crippen LogP contribution in [-0.2, 0) is 11.0 Å². The van der Waals surface area contributed by atoms with Crippen LogP contribution in [0.1, 0.15) is 11.1 Å². The third kappa shape index (κ3) is 5.24. The molecule has 3 nitrogen and oxygen atoms in total. The van der Waals surface area contributed by atoms with Crippen LogP contribution in [0, 0.1) is 0 Å². The first-order chi connectivity index (χ1) is 11.7. The normalized spacial score (nSPS) is 11.6. The molecule has 0 spiro atoms. The van der Waals surface area contributed by atoms with Crippen LogP contribution in [0.15, 0.2) is 46.9 Å². The largest absolute Gasteiger partial charge is 0.496 e. The summed E-state index contributed by atoms with van der Waals surface area (Å²) in [5.41, 5.74) is -0.138. The molecule has 2 aromatic carbocycles. The van der Waals surface area contributed by atoms with Crippen LogP contribution in [0.4, 0.5) is 18.9 Å². The zero-order valence-electron chi connectivity index (χ0n) is 12.8. The van der Waals surface area contributed by atoms with Gasteiger partial charge in [0.1, 0.15) is 5.75 Å². The van der Waals surface area contributed by atoms with E-state index in [0.29, 0.717) is 11.3 Å². The zero-order chi connectivity index (χ0) is 18.6. The molecule has 0 heterocycles. The van der Waals surface area contributed by atoms with Crippen LogP contribution < -0.4 is 10.1 Å². The molecule has 132 valence electrons. The Balaban J connectivity index is 2.14. The summed E-state index contributed by atoms with van der Waals surface area (Å²) in [6.45, 7) is 0. The highest BCUT2D eigenvalue weighted by atomic mass is 79.9. The molecule has 8 heteroatoms. The molecular weight excluding hydrogens is 423 g/mol. The van der Waals surface area contributed by atoms with E-state index in [1.54, 1.807) is 18.2 Å². The monoisotopic (exact) mass is 433 g/mol. The Hall–Kier alpha value is -1.99. The number of halogens is 5. The minimum absolute atomic E-state index is 0.0884. The number of alkyl halides is 3. The van der Waals surface area contributed by atoms with Gasteiger partial charge in [0, 0.05) is 16.1 Å². The van der Waals surface area contributed by atoms with Crippen molar-refractivity contribution in [3.63, 3.8) is 0 Å². The van der Waals surface area contributed by atoms with E-state index in [4.69, 9.17) is 16.3 Å². The Labute approximate surface area is 155 Å². The number of anilines is 1. The van der Waals surface area contributed by atoms with Crippen LogP contribution in [-0.4, -0.2) is 13.0 Å². The fourth-order valence-corrected chi connectivity index (χ4v) is 2.57. The van der Waals surface area contributed by atoms with Crippen LogP contribution in [0.5, 0.6) is 5.75 Å². The molecule has 25 heavy (non-hydrogen) atoms. The van der Waals surface area contributed by atoms with Gasteiger partial charge in [0.15, 0.2) is 0 Å². The number of rotatable bonds is 4. The molecule has 1 amide bonds. The fraction of sp³-hybridized carbons (Fsp3) is 0.118. The molecule has 0 aliphatic heterocycles. The minimum atomic E-state index is -4.50. The van der Waals surface area contributed by atoms with Crippen molar-refractivity contribution >= 4 is 45.2 Å². The topological polar surface area (TPSA) is 38.3 Å². The molecule has 2 aromatic rings. The van der Waals surface area contributed by atoms with Crippen molar-refractivity contribution in [1.82, 2.24) is 0 Å². The van der Waals surface area contributed by atoms with Gasteiger partial charge in [0.05, 0.1) is 23.4 Å². The molecule has 0 atom stereocenters. The Bertz CT molecular complexity index is 822. The molecule has 0 saturated heterocycles. The highest BCUT2D eigenvalue weighted by molar-refractivity contribution is 9.10. The Morgan fingerprint density at radius 2 is 1.96 bits per heavy atom. The summed E-state index contributed by atoms with van der Waals surface area (Å²) < 4.78 is 43.8. The number of hydrogen-bond donors (Lipinski definition) is 1. The quantitative estimate of drug-likeness (QED) is 0.619. The summed E-state index contributed by atoms with van der Waals surface area (Å²) >= 11 is 9.12. The molecule has 0 aliphatic rings. The first-order valence-electron chi connectivity index (χ1n) is 6.90. The Kier molecular flexibility index (Phi) is 6.13. The van der Waals surface area contributed by atoms with E-state index in [1.165, 1.54) is 19.3 Å². The van der Waals surface area contributed by atoms with Crippen LogP contribution in [0.25, 0.3) is 6.08 Å². The van der Waals surface area contributed by atoms with Crippen molar-refractivity contribution in [1.29, 1.82) is 0 Å². The van der Waals surface area contributed by atoms with E-state index >= 15 is 0 Å². The predicted molar refractivity (Wildman–Crippen MR) is 94.8 cm³/mol. The summed E-state index contributed by atoms with van der Waals surface area (Å²) in [7, 11) is 1.50. The highest BCUT2D eigenvalue weighted by Crippen LogP contribution is 2.33. The second-order valence-electron chi connectivity index (χ2n) is 4.90. The lowest BCUT2D eigenvalue weighted by atomic mass is 10.2. The van der Waals surface area contributed by atoms with Gasteiger partial charge in [-0.05, 0) is 42.5 Å². The summed E-state index contributed by atoms with van der Waals surface area (Å²) in [5, 5.41) is 2.24. The molecule has 0 bridgehead atoms. The lowest BCUT2D eigenvalue weighted by Gasteiger charge is -2.10. The van der Waals surface area contributed by atoms with Gasteiger partial charge in [-0.2, -0.15) is 13.2 Å². The first kappa shape index (κ1) is 19.3. The maximum atomic E-state index is 12.6. The van der Waals surface area contributed by atoms with Gasteiger partial charge in [-0.25, -0.2) is 0 Å². The van der Waals surface area contributed by atoms with Gasteiger partial charge in [-0.3, -0.25) is 4.79 Å². The van der Waals surface area contributed by atoms with Crippen molar-refractivity contribution in [2.24, 2.45) is 0 Å². The molecular formula is C17H12BrClF3NO2. The summed E-state index contributed by atoms with van der Waals surface area (Å²) in [6, 6.07) is 8.00. The second kappa shape index (κ2) is 7.93. The van der Waals surface area contributed by atoms with E-state index in [-0.39, 0.29) is 10.7 Å². The van der Waals surface area contributed by atoms with Gasteiger partial charge in [0.2, 0.25) is 5.91 Å². The molecule has 2 rings (SSSR count). The number of nitrogens with one attached hydrogen (secondary N) is 1. The SMILES string of the molecule is COc1ccc(Br)cc1/C=C/C(=O)Nc1ccc(C(F)(F)F)cc1Cl. The molecule has 0 aliphatic carbocycles. The number of hydrogen-bond acceptors (Lipinski definition) is 2. The molecule has 0 radical (unpaired) electrons. The lowest BCUT2D eigenvalue weighted by molar-refractivity contribution is -0.137. The highest BCUT2D eigenvalue weighted by Gasteiger charge is 2.30. The third-order valence-electron chi connectivity index (χ3n) is 3.16. The number of methoxy groups -OCH3 is 1. The van der Waals surface area contributed by atoms with Crippen LogP contribution in [0.2, 0.25) is 5.02 Å². The number of carbonyl (C=O) groups excluding carboxylic acids is 1. The van der Waals surface area contributed by atoms with Crippen LogP contribution in [0.3, 0.4) is 0 Å². The Morgan fingerprint density at radius 3 is 2.56 bits per heavy atom. The summed E-state index contributed by atoms with van der Waals surface area (Å²) in [5.74, 6) is 0.0310. The van der Waals surface area contributed by atoms with Gasteiger partial charge >= 0.3 is 6.18 Å². The van der Waals surface area contributed by atoms with E-state index < -0.39 is 17.6 Å². The van der Waals surface area contributed by atoms with Gasteiger partial charge < -0.3 is 10.1 Å². The average molecular weight is 435 g/mol. The van der Waals surface area contributed by atoms with Crippen molar-refractivity contribution in [3.05, 3.63) is 63.1 Å². The number of amides is 1. The van der Waals surface area contributed by atoms with Crippen LogP contribution >= 0.6 is 27.5 Å². The molecule has 0 aromatic heterocycles. The van der Waals surface area contributed by atoms with Gasteiger partial charge in [-0.1, -0.05) is 27.5 Å². The fourth-order valence-electron chi connectivity index (χ4n) is 1.97. The van der Waals surface area contributed by atoms with E-state index in [0.717, 1.165) is 22.7 Å². The number of ether oxygens (including phenoxy) is 1. The second-order valence-corrected chi connectivity index (χ2v) is 6.22. The lowest BCUT2D eigenvalue weighted by Crippen LogP contribution is -2.10. The van der Waals surface area contributed by atoms with E-state index in [9.17, 15) is 18.0 Å². The Morgan fingerprint density at radius 1 is 1.24 bits per heavy atom. The maximum Gasteiger partial charge on any atom is 0.416 e. The first-order valence-corrected chi connectivity index (χ1v) is 8.07. The van der Waals surface area contributed by atoms with E-state index in [2.05, 4.69) is 21.2 Å². The maximum absolute atomic E-state index is 12.6. The van der Waals surface area contributed by atoms with Crippen molar-refractivity contribution < 1.29 is 22.7 Å². The predicted octanol–water partition coefficient (Wildman–Crippen LogP) is 5.78. The number of carbonyl (C=O) groups is 1. The molecule has 0 unspecified atom stereocenters. The average Bonchev–Trinajstić information content (AvgIpc) is 2.54. The van der Waals surface area contributed by atoms with Crippen molar-refractivity contribution in [2.45, 2.75) is 6.18 Å².